The lowest BCUT2D eigenvalue weighted by molar-refractivity contribution is -0.748. The van der Waals surface area contributed by atoms with Crippen LogP contribution in [0.3, 0.4) is 0 Å². The van der Waals surface area contributed by atoms with Gasteiger partial charge in [-0.3, -0.25) is 5.41 Å². The van der Waals surface area contributed by atoms with Crippen molar-refractivity contribution in [3.63, 3.8) is 0 Å². The molecular formula is C24H22N5O+. The number of benzene rings is 1. The Balaban J connectivity index is 2.04. The van der Waals surface area contributed by atoms with Gasteiger partial charge in [0.25, 0.3) is 0 Å². The van der Waals surface area contributed by atoms with E-state index in [4.69, 9.17) is 5.41 Å². The molecule has 1 aliphatic carbocycles. The van der Waals surface area contributed by atoms with Crippen molar-refractivity contribution in [3.05, 3.63) is 71.6 Å². The zero-order valence-corrected chi connectivity index (χ0v) is 16.7. The summed E-state index contributed by atoms with van der Waals surface area (Å²) in [5.74, 6) is 0.816. The predicted molar refractivity (Wildman–Crippen MR) is 111 cm³/mol. The number of aromatic nitrogens is 1. The normalized spacial score (nSPS) is 27.9. The van der Waals surface area contributed by atoms with Gasteiger partial charge < -0.3 is 5.11 Å². The summed E-state index contributed by atoms with van der Waals surface area (Å²) in [5.41, 5.74) is 0.400. The molecule has 30 heavy (non-hydrogen) atoms. The minimum absolute atomic E-state index is 0.0684. The van der Waals surface area contributed by atoms with E-state index in [2.05, 4.69) is 16.9 Å². The van der Waals surface area contributed by atoms with Crippen molar-refractivity contribution in [3.8, 4) is 12.1 Å². The summed E-state index contributed by atoms with van der Waals surface area (Å²) in [4.78, 5) is 4.63. The Hall–Kier alpha value is -3.57. The average Bonchev–Trinajstić information content (AvgIpc) is 3.62. The summed E-state index contributed by atoms with van der Waals surface area (Å²) in [6.45, 7) is 1.97. The molecule has 1 saturated carbocycles. The molecule has 4 rings (SSSR count). The summed E-state index contributed by atoms with van der Waals surface area (Å²) in [6, 6.07) is 19.1. The van der Waals surface area contributed by atoms with Crippen LogP contribution in [0.4, 0.5) is 0 Å². The molecule has 1 fully saturated rings. The highest BCUT2D eigenvalue weighted by atomic mass is 16.3. The number of aryl methyl sites for hydroxylation is 1. The van der Waals surface area contributed by atoms with E-state index in [-0.39, 0.29) is 17.2 Å². The molecule has 0 saturated heterocycles. The predicted octanol–water partition coefficient (Wildman–Crippen LogP) is 3.00. The molecule has 2 heterocycles. The van der Waals surface area contributed by atoms with Gasteiger partial charge in [0.05, 0.1) is 17.7 Å². The summed E-state index contributed by atoms with van der Waals surface area (Å²) in [6.07, 6.45) is 3.56. The maximum absolute atomic E-state index is 12.0. The first kappa shape index (κ1) is 19.7. The topological polar surface area (TPSA) is 108 Å². The maximum Gasteiger partial charge on any atom is 0.222 e. The number of hydrogen-bond donors (Lipinski definition) is 2. The largest absolute Gasteiger partial charge is 0.364 e. The van der Waals surface area contributed by atoms with E-state index < -0.39 is 23.6 Å². The molecule has 6 nitrogen and oxygen atoms in total. The van der Waals surface area contributed by atoms with Gasteiger partial charge in [-0.2, -0.15) is 15.1 Å². The molecule has 0 bridgehead atoms. The van der Waals surface area contributed by atoms with E-state index in [9.17, 15) is 15.6 Å². The van der Waals surface area contributed by atoms with Crippen LogP contribution in [0.2, 0.25) is 0 Å². The first-order valence-electron chi connectivity index (χ1n) is 9.98. The Bertz CT molecular complexity index is 1130. The average molecular weight is 396 g/mol. The molecule has 0 radical (unpaired) electrons. The standard InChI is InChI=1S/C24H22N5O/c1-16-7-5-6-12-29(16)23-21(17-8-3-2-4-9-17)20(15-27)22(18(13-25)14-26)28-24(23,30)19-10-11-19/h2-9,12,19-21,23,25,30H,10-11H2,1H3/q+1/t20-,21-,23+,24-/m0/s1. The van der Waals surface area contributed by atoms with Gasteiger partial charge >= 0.3 is 0 Å². The molecule has 2 N–H and O–H groups in total. The number of nitrogens with zero attached hydrogens (tertiary/aromatic N) is 4. The van der Waals surface area contributed by atoms with Crippen LogP contribution in [0.1, 0.15) is 36.1 Å². The van der Waals surface area contributed by atoms with Crippen LogP contribution in [0, 0.1) is 46.8 Å². The molecule has 0 unspecified atom stereocenters. The van der Waals surface area contributed by atoms with Crippen molar-refractivity contribution in [2.75, 3.05) is 0 Å². The highest BCUT2D eigenvalue weighted by Crippen LogP contribution is 2.54. The fourth-order valence-electron chi connectivity index (χ4n) is 4.57. The fraction of sp³-hybridized carbons (Fsp3) is 0.333. The van der Waals surface area contributed by atoms with Crippen molar-refractivity contribution in [1.29, 1.82) is 15.9 Å². The lowest BCUT2D eigenvalue weighted by atomic mass is 9.70. The molecule has 6 heteroatoms. The van der Waals surface area contributed by atoms with Crippen molar-refractivity contribution in [2.24, 2.45) is 16.8 Å². The van der Waals surface area contributed by atoms with E-state index >= 15 is 0 Å². The Morgan fingerprint density at radius 2 is 1.87 bits per heavy atom. The first-order chi connectivity index (χ1) is 14.5. The minimum atomic E-state index is -1.49. The second kappa shape index (κ2) is 7.69. The van der Waals surface area contributed by atoms with E-state index in [0.29, 0.717) is 0 Å². The number of nitriles is 2. The minimum Gasteiger partial charge on any atom is -0.364 e. The van der Waals surface area contributed by atoms with Crippen LogP contribution < -0.4 is 4.57 Å². The highest BCUT2D eigenvalue weighted by molar-refractivity contribution is 6.13. The molecule has 1 aromatic carbocycles. The molecule has 2 aromatic rings. The van der Waals surface area contributed by atoms with E-state index in [0.717, 1.165) is 24.1 Å². The van der Waals surface area contributed by atoms with Crippen LogP contribution in [0.5, 0.6) is 0 Å². The number of nitrogens with one attached hydrogen (secondary N) is 1. The van der Waals surface area contributed by atoms with Gasteiger partial charge in [-0.05, 0) is 24.3 Å². The van der Waals surface area contributed by atoms with Crippen LogP contribution >= 0.6 is 0 Å². The van der Waals surface area contributed by atoms with Crippen molar-refractivity contribution in [2.45, 2.75) is 37.5 Å². The first-order valence-corrected chi connectivity index (χ1v) is 9.98. The second-order valence-electron chi connectivity index (χ2n) is 7.90. The van der Waals surface area contributed by atoms with Crippen LogP contribution in [-0.4, -0.2) is 22.4 Å². The Morgan fingerprint density at radius 3 is 2.43 bits per heavy atom. The van der Waals surface area contributed by atoms with Gasteiger partial charge in [0, 0.05) is 25.0 Å². The van der Waals surface area contributed by atoms with Gasteiger partial charge in [0.1, 0.15) is 17.6 Å². The van der Waals surface area contributed by atoms with Gasteiger partial charge in [0.2, 0.25) is 11.8 Å². The molecule has 1 aliphatic heterocycles. The smallest absolute Gasteiger partial charge is 0.222 e. The molecular weight excluding hydrogens is 374 g/mol. The van der Waals surface area contributed by atoms with Crippen LogP contribution in [0.15, 0.2) is 65.3 Å². The van der Waals surface area contributed by atoms with Crippen LogP contribution in [0.25, 0.3) is 0 Å². The SMILES string of the molecule is Cc1cccc[n+]1[C@@H]1[C@@H](c2ccccc2)[C@H](C#N)C(C(=C=N)C#N)=N[C@]1(O)C1CC1. The van der Waals surface area contributed by atoms with Gasteiger partial charge in [-0.25, -0.2) is 4.99 Å². The van der Waals surface area contributed by atoms with E-state index in [1.807, 2.05) is 72.3 Å². The fourth-order valence-corrected chi connectivity index (χ4v) is 4.57. The molecule has 2 aliphatic rings. The van der Waals surface area contributed by atoms with Gasteiger partial charge in [-0.15, -0.1) is 0 Å². The Kier molecular flexibility index (Phi) is 5.06. The summed E-state index contributed by atoms with van der Waals surface area (Å²) >= 11 is 0. The third kappa shape index (κ3) is 3.13. The van der Waals surface area contributed by atoms with Crippen LogP contribution in [-0.2, 0) is 0 Å². The Morgan fingerprint density at radius 1 is 1.17 bits per heavy atom. The van der Waals surface area contributed by atoms with Crippen molar-refractivity contribution >= 4 is 11.6 Å². The van der Waals surface area contributed by atoms with Crippen molar-refractivity contribution in [1.82, 2.24) is 0 Å². The van der Waals surface area contributed by atoms with E-state index in [1.165, 1.54) is 0 Å². The second-order valence-corrected chi connectivity index (χ2v) is 7.90. The molecule has 4 atom stereocenters. The van der Waals surface area contributed by atoms with Gasteiger partial charge in [0.15, 0.2) is 11.9 Å². The lowest BCUT2D eigenvalue weighted by Gasteiger charge is -2.41. The number of aliphatic imine (C=N–C) groups is 1. The number of hydrogen-bond acceptors (Lipinski definition) is 5. The van der Waals surface area contributed by atoms with E-state index in [1.54, 1.807) is 0 Å². The van der Waals surface area contributed by atoms with Gasteiger partial charge in [-0.1, -0.05) is 36.4 Å². The molecule has 0 amide bonds. The number of allylic oxidation sites excluding steroid dienone is 1. The molecule has 0 spiro atoms. The number of rotatable bonds is 4. The summed E-state index contributed by atoms with van der Waals surface area (Å²) < 4.78 is 2.00. The number of pyridine rings is 1. The zero-order valence-electron chi connectivity index (χ0n) is 16.7. The lowest BCUT2D eigenvalue weighted by Crippen LogP contribution is -2.61. The molecule has 1 aromatic heterocycles. The summed E-state index contributed by atoms with van der Waals surface area (Å²) in [5, 5.41) is 39.2. The number of aliphatic hydroxyl groups is 1. The summed E-state index contributed by atoms with van der Waals surface area (Å²) in [7, 11) is 0. The third-order valence-electron chi connectivity index (χ3n) is 6.13. The zero-order chi connectivity index (χ0) is 21.3. The third-order valence-corrected chi connectivity index (χ3v) is 6.13. The highest BCUT2D eigenvalue weighted by Gasteiger charge is 2.62. The monoisotopic (exact) mass is 396 g/mol. The Labute approximate surface area is 175 Å². The molecule has 148 valence electrons. The quantitative estimate of drug-likeness (QED) is 0.471. The maximum atomic E-state index is 12.0. The van der Waals surface area contributed by atoms with Crippen molar-refractivity contribution < 1.29 is 9.67 Å².